The highest BCUT2D eigenvalue weighted by molar-refractivity contribution is 7.99. The van der Waals surface area contributed by atoms with Crippen molar-refractivity contribution in [3.63, 3.8) is 0 Å². The minimum absolute atomic E-state index is 0.174. The van der Waals surface area contributed by atoms with Crippen molar-refractivity contribution < 1.29 is 9.53 Å². The molecule has 0 spiro atoms. The highest BCUT2D eigenvalue weighted by atomic mass is 32.2. The van der Waals surface area contributed by atoms with Crippen LogP contribution in [0, 0.1) is 5.92 Å². The summed E-state index contributed by atoms with van der Waals surface area (Å²) in [6.45, 7) is 5.25. The summed E-state index contributed by atoms with van der Waals surface area (Å²) in [4.78, 5) is 23.6. The first-order valence-corrected chi connectivity index (χ1v) is 10.1. The number of nitrogens with one attached hydrogen (secondary N) is 1. The van der Waals surface area contributed by atoms with Gasteiger partial charge >= 0.3 is 0 Å². The summed E-state index contributed by atoms with van der Waals surface area (Å²) >= 11 is 1.41. The van der Waals surface area contributed by atoms with Crippen LogP contribution in [0.1, 0.15) is 19.8 Å². The summed E-state index contributed by atoms with van der Waals surface area (Å²) < 4.78 is 5.10. The molecule has 1 aromatic carbocycles. The Morgan fingerprint density at radius 1 is 1.31 bits per heavy atom. The van der Waals surface area contributed by atoms with Gasteiger partial charge in [-0.05, 0) is 30.9 Å². The van der Waals surface area contributed by atoms with Gasteiger partial charge in [0, 0.05) is 32.1 Å². The Bertz CT molecular complexity index is 747. The molecule has 2 aromatic rings. The SMILES string of the molecule is COCCNc1nc(SCC(=O)N2CCC(C)CC2)nc2ccccc12. The summed E-state index contributed by atoms with van der Waals surface area (Å²) in [5.41, 5.74) is 0.879. The number of nitrogens with zero attached hydrogens (tertiary/aromatic N) is 3. The van der Waals surface area contributed by atoms with Crippen molar-refractivity contribution in [3.8, 4) is 0 Å². The fourth-order valence-electron chi connectivity index (χ4n) is 3.00. The monoisotopic (exact) mass is 374 g/mol. The van der Waals surface area contributed by atoms with E-state index in [0.717, 1.165) is 48.6 Å². The minimum Gasteiger partial charge on any atom is -0.383 e. The minimum atomic E-state index is 0.174. The van der Waals surface area contributed by atoms with E-state index in [-0.39, 0.29) is 5.91 Å². The third-order valence-corrected chi connectivity index (χ3v) is 5.47. The fourth-order valence-corrected chi connectivity index (χ4v) is 3.76. The number of aromatic nitrogens is 2. The van der Waals surface area contributed by atoms with E-state index in [1.165, 1.54) is 11.8 Å². The van der Waals surface area contributed by atoms with Crippen LogP contribution in [0.3, 0.4) is 0 Å². The third kappa shape index (κ3) is 4.86. The predicted molar refractivity (Wildman–Crippen MR) is 106 cm³/mol. The highest BCUT2D eigenvalue weighted by Crippen LogP contribution is 2.25. The zero-order valence-corrected chi connectivity index (χ0v) is 16.2. The first-order valence-electron chi connectivity index (χ1n) is 9.07. The zero-order chi connectivity index (χ0) is 18.4. The molecule has 0 atom stereocenters. The maximum Gasteiger partial charge on any atom is 0.233 e. The van der Waals surface area contributed by atoms with Gasteiger partial charge in [0.15, 0.2) is 5.16 Å². The van der Waals surface area contributed by atoms with Gasteiger partial charge in [-0.2, -0.15) is 0 Å². The summed E-state index contributed by atoms with van der Waals surface area (Å²) in [7, 11) is 1.67. The molecule has 140 valence electrons. The van der Waals surface area contributed by atoms with Gasteiger partial charge in [0.1, 0.15) is 5.82 Å². The molecule has 26 heavy (non-hydrogen) atoms. The number of benzene rings is 1. The number of para-hydroxylation sites is 1. The first-order chi connectivity index (χ1) is 12.7. The van der Waals surface area contributed by atoms with E-state index in [9.17, 15) is 4.79 Å². The molecule has 7 heteroatoms. The van der Waals surface area contributed by atoms with Crippen molar-refractivity contribution in [2.45, 2.75) is 24.9 Å². The lowest BCUT2D eigenvalue weighted by Crippen LogP contribution is -2.38. The number of anilines is 1. The number of likely N-dealkylation sites (tertiary alicyclic amines) is 1. The number of fused-ring (bicyclic) bond motifs is 1. The predicted octanol–water partition coefficient (Wildman–Crippen LogP) is 3.04. The average molecular weight is 375 g/mol. The number of hydrogen-bond donors (Lipinski definition) is 1. The molecule has 1 aromatic heterocycles. The van der Waals surface area contributed by atoms with Gasteiger partial charge in [-0.25, -0.2) is 9.97 Å². The molecule has 2 heterocycles. The van der Waals surface area contributed by atoms with E-state index >= 15 is 0 Å². The van der Waals surface area contributed by atoms with Gasteiger partial charge in [0.25, 0.3) is 0 Å². The van der Waals surface area contributed by atoms with Gasteiger partial charge in [0.05, 0.1) is 17.9 Å². The molecule has 1 saturated heterocycles. The first kappa shape index (κ1) is 18.9. The number of methoxy groups -OCH3 is 1. The van der Waals surface area contributed by atoms with Gasteiger partial charge in [-0.1, -0.05) is 30.8 Å². The maximum absolute atomic E-state index is 12.5. The average Bonchev–Trinajstić information content (AvgIpc) is 2.67. The van der Waals surface area contributed by atoms with Crippen molar-refractivity contribution in [2.24, 2.45) is 5.92 Å². The van der Waals surface area contributed by atoms with Crippen LogP contribution < -0.4 is 5.32 Å². The smallest absolute Gasteiger partial charge is 0.233 e. The van der Waals surface area contributed by atoms with Crippen LogP contribution in [0.25, 0.3) is 10.9 Å². The molecule has 1 N–H and O–H groups in total. The Morgan fingerprint density at radius 3 is 2.85 bits per heavy atom. The highest BCUT2D eigenvalue weighted by Gasteiger charge is 2.20. The number of hydrogen-bond acceptors (Lipinski definition) is 6. The third-order valence-electron chi connectivity index (χ3n) is 4.64. The van der Waals surface area contributed by atoms with E-state index in [0.29, 0.717) is 24.1 Å². The molecule has 0 radical (unpaired) electrons. The van der Waals surface area contributed by atoms with Gasteiger partial charge in [0.2, 0.25) is 5.91 Å². The van der Waals surface area contributed by atoms with Crippen molar-refractivity contribution in [1.29, 1.82) is 0 Å². The fraction of sp³-hybridized carbons (Fsp3) is 0.526. The maximum atomic E-state index is 12.5. The Balaban J connectivity index is 1.68. The Hall–Kier alpha value is -1.86. The number of carbonyl (C=O) groups excluding carboxylic acids is 1. The number of amides is 1. The molecular weight excluding hydrogens is 348 g/mol. The summed E-state index contributed by atoms with van der Waals surface area (Å²) in [5.74, 6) is 2.06. The number of ether oxygens (including phenoxy) is 1. The lowest BCUT2D eigenvalue weighted by atomic mass is 9.99. The lowest BCUT2D eigenvalue weighted by Gasteiger charge is -2.30. The van der Waals surface area contributed by atoms with Crippen molar-refractivity contribution in [1.82, 2.24) is 14.9 Å². The number of rotatable bonds is 7. The second-order valence-corrected chi connectivity index (χ2v) is 7.59. The summed E-state index contributed by atoms with van der Waals surface area (Å²) in [6.07, 6.45) is 2.19. The molecule has 1 aliphatic heterocycles. The standard InChI is InChI=1S/C19H26N4O2S/c1-14-7-10-23(11-8-14)17(24)13-26-19-21-16-6-4-3-5-15(16)18(22-19)20-9-12-25-2/h3-6,14H,7-13H2,1-2H3,(H,20,21,22). The topological polar surface area (TPSA) is 67.3 Å². The Kier molecular flexibility index (Phi) is 6.68. The van der Waals surface area contributed by atoms with Crippen molar-refractivity contribution in [3.05, 3.63) is 24.3 Å². The molecule has 1 aliphatic rings. The summed E-state index contributed by atoms with van der Waals surface area (Å²) in [5, 5.41) is 4.90. The summed E-state index contributed by atoms with van der Waals surface area (Å²) in [6, 6.07) is 7.90. The van der Waals surface area contributed by atoms with Crippen molar-refractivity contribution >= 4 is 34.4 Å². The van der Waals surface area contributed by atoms with Crippen LogP contribution in [0.15, 0.2) is 29.4 Å². The van der Waals surface area contributed by atoms with Crippen LogP contribution in [0.2, 0.25) is 0 Å². The molecular formula is C19H26N4O2S. The van der Waals surface area contributed by atoms with Gasteiger partial charge < -0.3 is 15.0 Å². The second kappa shape index (κ2) is 9.19. The van der Waals surface area contributed by atoms with Gasteiger partial charge in [-0.3, -0.25) is 4.79 Å². The van der Waals surface area contributed by atoms with Crippen LogP contribution in [-0.4, -0.2) is 59.9 Å². The molecule has 1 amide bonds. The molecule has 3 rings (SSSR count). The van der Waals surface area contributed by atoms with Gasteiger partial charge in [-0.15, -0.1) is 0 Å². The largest absolute Gasteiger partial charge is 0.383 e. The molecule has 0 unspecified atom stereocenters. The van der Waals surface area contributed by atoms with E-state index in [4.69, 9.17) is 4.74 Å². The molecule has 1 fully saturated rings. The van der Waals surface area contributed by atoms with Crippen molar-refractivity contribution in [2.75, 3.05) is 44.4 Å². The van der Waals surface area contributed by atoms with Crippen LogP contribution >= 0.6 is 11.8 Å². The molecule has 0 saturated carbocycles. The number of carbonyl (C=O) groups is 1. The van der Waals surface area contributed by atoms with E-state index < -0.39 is 0 Å². The molecule has 0 bridgehead atoms. The van der Waals surface area contributed by atoms with E-state index in [1.807, 2.05) is 29.2 Å². The second-order valence-electron chi connectivity index (χ2n) is 6.64. The Labute approximate surface area is 158 Å². The molecule has 0 aliphatic carbocycles. The van der Waals surface area contributed by atoms with Crippen LogP contribution in [0.4, 0.5) is 5.82 Å². The quantitative estimate of drug-likeness (QED) is 0.456. The molecule has 6 nitrogen and oxygen atoms in total. The lowest BCUT2D eigenvalue weighted by molar-refractivity contribution is -0.129. The van der Waals surface area contributed by atoms with Crippen LogP contribution in [-0.2, 0) is 9.53 Å². The Morgan fingerprint density at radius 2 is 2.08 bits per heavy atom. The van der Waals surface area contributed by atoms with E-state index in [1.54, 1.807) is 7.11 Å². The zero-order valence-electron chi connectivity index (χ0n) is 15.4. The normalized spacial score (nSPS) is 15.4. The van der Waals surface area contributed by atoms with E-state index in [2.05, 4.69) is 22.2 Å². The van der Waals surface area contributed by atoms with Crippen LogP contribution in [0.5, 0.6) is 0 Å². The number of piperidine rings is 1. The number of thioether (sulfide) groups is 1.